The van der Waals surface area contributed by atoms with Crippen molar-refractivity contribution in [3.8, 4) is 5.75 Å². The van der Waals surface area contributed by atoms with Gasteiger partial charge in [-0.2, -0.15) is 0 Å². The summed E-state index contributed by atoms with van der Waals surface area (Å²) >= 11 is 1.70. The molecule has 0 bridgehead atoms. The van der Waals surface area contributed by atoms with Crippen LogP contribution in [0, 0.1) is 13.8 Å². The zero-order valence-electron chi connectivity index (χ0n) is 11.1. The Balaban J connectivity index is 1.97. The van der Waals surface area contributed by atoms with Crippen molar-refractivity contribution in [1.82, 2.24) is 4.98 Å². The summed E-state index contributed by atoms with van der Waals surface area (Å²) in [6, 6.07) is 7.55. The summed E-state index contributed by atoms with van der Waals surface area (Å²) in [6.07, 6.45) is 0. The molecule has 2 rings (SSSR count). The monoisotopic (exact) mass is 280 g/mol. The number of alkyl halides is 1. The number of benzene rings is 1. The molecule has 19 heavy (non-hydrogen) atoms. The normalized spacial score (nSPS) is 10.5. The molecule has 0 saturated carbocycles. The van der Waals surface area contributed by atoms with Gasteiger partial charge in [-0.05, 0) is 26.0 Å². The molecule has 1 heterocycles. The van der Waals surface area contributed by atoms with Gasteiger partial charge in [-0.1, -0.05) is 6.07 Å². The molecule has 2 aromatic rings. The second-order valence-electron chi connectivity index (χ2n) is 4.16. The lowest BCUT2D eigenvalue weighted by Crippen LogP contribution is -2.01. The summed E-state index contributed by atoms with van der Waals surface area (Å²) in [4.78, 5) is 5.62. The molecule has 102 valence electrons. The van der Waals surface area contributed by atoms with Crippen LogP contribution < -0.4 is 10.1 Å². The Morgan fingerprint density at radius 1 is 1.37 bits per heavy atom. The van der Waals surface area contributed by atoms with Crippen LogP contribution in [0.4, 0.5) is 10.1 Å². The van der Waals surface area contributed by atoms with Crippen molar-refractivity contribution in [2.75, 3.05) is 18.6 Å². The van der Waals surface area contributed by atoms with Crippen molar-refractivity contribution in [2.24, 2.45) is 0 Å². The third-order valence-corrected chi connectivity index (χ3v) is 3.71. The summed E-state index contributed by atoms with van der Waals surface area (Å²) < 4.78 is 17.3. The van der Waals surface area contributed by atoms with Crippen LogP contribution in [0.2, 0.25) is 0 Å². The number of aryl methyl sites for hydroxylation is 2. The zero-order valence-corrected chi connectivity index (χ0v) is 11.9. The molecular weight excluding hydrogens is 263 g/mol. The molecule has 0 saturated heterocycles. The van der Waals surface area contributed by atoms with E-state index in [1.54, 1.807) is 11.3 Å². The molecule has 0 amide bonds. The van der Waals surface area contributed by atoms with Crippen LogP contribution in [0.15, 0.2) is 24.3 Å². The van der Waals surface area contributed by atoms with E-state index in [4.69, 9.17) is 4.74 Å². The lowest BCUT2D eigenvalue weighted by Gasteiger charge is -2.08. The van der Waals surface area contributed by atoms with E-state index < -0.39 is 6.67 Å². The van der Waals surface area contributed by atoms with Crippen LogP contribution in [0.1, 0.15) is 15.6 Å². The molecule has 0 spiro atoms. The number of ether oxygens (including phenoxy) is 1. The average molecular weight is 280 g/mol. The maximum atomic E-state index is 12.0. The quantitative estimate of drug-likeness (QED) is 0.875. The molecule has 1 aromatic heterocycles. The average Bonchev–Trinajstić information content (AvgIpc) is 2.73. The number of aromatic nitrogens is 1. The highest BCUT2D eigenvalue weighted by Crippen LogP contribution is 2.21. The maximum absolute atomic E-state index is 12.0. The fourth-order valence-electron chi connectivity index (χ4n) is 1.77. The molecular formula is C14H17FN2OS. The number of anilines is 1. The van der Waals surface area contributed by atoms with E-state index in [9.17, 15) is 4.39 Å². The minimum Gasteiger partial charge on any atom is -0.491 e. The van der Waals surface area contributed by atoms with Crippen LogP contribution in [-0.2, 0) is 6.54 Å². The second-order valence-corrected chi connectivity index (χ2v) is 5.45. The first-order chi connectivity index (χ1) is 9.19. The van der Waals surface area contributed by atoms with Gasteiger partial charge in [-0.3, -0.25) is 0 Å². The molecule has 0 fully saturated rings. The SMILES string of the molecule is Cc1nc(C)c(CNc2cccc(OCCF)c2)s1. The van der Waals surface area contributed by atoms with Crippen molar-refractivity contribution < 1.29 is 9.13 Å². The highest BCUT2D eigenvalue weighted by atomic mass is 32.1. The first-order valence-electron chi connectivity index (χ1n) is 6.14. The molecule has 0 unspecified atom stereocenters. The Bertz CT molecular complexity index is 542. The van der Waals surface area contributed by atoms with Gasteiger partial charge in [0.15, 0.2) is 0 Å². The van der Waals surface area contributed by atoms with Gasteiger partial charge in [0.05, 0.1) is 17.2 Å². The maximum Gasteiger partial charge on any atom is 0.123 e. The Kier molecular flexibility index (Phi) is 4.74. The summed E-state index contributed by atoms with van der Waals surface area (Å²) in [5.74, 6) is 0.680. The first-order valence-corrected chi connectivity index (χ1v) is 6.96. The number of halogens is 1. The number of rotatable bonds is 6. The van der Waals surface area contributed by atoms with Gasteiger partial charge in [0.1, 0.15) is 19.0 Å². The predicted octanol–water partition coefficient (Wildman–Crippen LogP) is 3.72. The van der Waals surface area contributed by atoms with E-state index in [1.165, 1.54) is 4.88 Å². The number of nitrogens with one attached hydrogen (secondary N) is 1. The van der Waals surface area contributed by atoms with Gasteiger partial charge in [0.2, 0.25) is 0 Å². The summed E-state index contributed by atoms with van der Waals surface area (Å²) in [5.41, 5.74) is 2.03. The Morgan fingerprint density at radius 2 is 2.21 bits per heavy atom. The highest BCUT2D eigenvalue weighted by Gasteiger charge is 2.04. The van der Waals surface area contributed by atoms with Crippen LogP contribution in [0.5, 0.6) is 5.75 Å². The molecule has 1 N–H and O–H groups in total. The van der Waals surface area contributed by atoms with Crippen molar-refractivity contribution in [3.63, 3.8) is 0 Å². The van der Waals surface area contributed by atoms with E-state index in [1.807, 2.05) is 38.1 Å². The summed E-state index contributed by atoms with van der Waals surface area (Å²) in [5, 5.41) is 4.41. The molecule has 0 aliphatic heterocycles. The van der Waals surface area contributed by atoms with E-state index in [0.29, 0.717) is 5.75 Å². The number of hydrogen-bond donors (Lipinski definition) is 1. The number of thiazole rings is 1. The summed E-state index contributed by atoms with van der Waals surface area (Å²) in [6.45, 7) is 4.38. The van der Waals surface area contributed by atoms with Gasteiger partial charge >= 0.3 is 0 Å². The largest absolute Gasteiger partial charge is 0.491 e. The van der Waals surface area contributed by atoms with Gasteiger partial charge in [-0.25, -0.2) is 9.37 Å². The Labute approximate surface area is 116 Å². The third-order valence-electron chi connectivity index (χ3n) is 2.63. The van der Waals surface area contributed by atoms with Crippen LogP contribution >= 0.6 is 11.3 Å². The topological polar surface area (TPSA) is 34.2 Å². The minimum absolute atomic E-state index is 0.0939. The van der Waals surface area contributed by atoms with Crippen molar-refractivity contribution >= 4 is 17.0 Å². The van der Waals surface area contributed by atoms with E-state index in [-0.39, 0.29) is 6.61 Å². The molecule has 0 radical (unpaired) electrons. The smallest absolute Gasteiger partial charge is 0.123 e. The van der Waals surface area contributed by atoms with E-state index in [0.717, 1.165) is 22.9 Å². The zero-order chi connectivity index (χ0) is 13.7. The lowest BCUT2D eigenvalue weighted by molar-refractivity contribution is 0.273. The Hall–Kier alpha value is -1.62. The summed E-state index contributed by atoms with van der Waals surface area (Å²) in [7, 11) is 0. The van der Waals surface area contributed by atoms with Gasteiger partial charge in [0, 0.05) is 16.6 Å². The van der Waals surface area contributed by atoms with Crippen LogP contribution in [-0.4, -0.2) is 18.3 Å². The molecule has 0 atom stereocenters. The van der Waals surface area contributed by atoms with E-state index >= 15 is 0 Å². The molecule has 0 aliphatic rings. The third kappa shape index (κ3) is 3.92. The van der Waals surface area contributed by atoms with Crippen LogP contribution in [0.3, 0.4) is 0 Å². The minimum atomic E-state index is -0.475. The van der Waals surface area contributed by atoms with Gasteiger partial charge in [-0.15, -0.1) is 11.3 Å². The molecule has 0 aliphatic carbocycles. The number of nitrogens with zero attached hydrogens (tertiary/aromatic N) is 1. The highest BCUT2D eigenvalue weighted by molar-refractivity contribution is 7.11. The van der Waals surface area contributed by atoms with Crippen molar-refractivity contribution in [3.05, 3.63) is 39.8 Å². The fraction of sp³-hybridized carbons (Fsp3) is 0.357. The van der Waals surface area contributed by atoms with Gasteiger partial charge < -0.3 is 10.1 Å². The first kappa shape index (κ1) is 13.8. The van der Waals surface area contributed by atoms with Gasteiger partial charge in [0.25, 0.3) is 0 Å². The Morgan fingerprint density at radius 3 is 2.89 bits per heavy atom. The number of hydrogen-bond acceptors (Lipinski definition) is 4. The standard InChI is InChI=1S/C14H17FN2OS/c1-10-14(19-11(2)17-10)9-16-12-4-3-5-13(8-12)18-7-6-15/h3-5,8,16H,6-7,9H2,1-2H3. The molecule has 3 nitrogen and oxygen atoms in total. The van der Waals surface area contributed by atoms with Crippen molar-refractivity contribution in [1.29, 1.82) is 0 Å². The second kappa shape index (κ2) is 6.52. The van der Waals surface area contributed by atoms with Crippen molar-refractivity contribution in [2.45, 2.75) is 20.4 Å². The fourth-order valence-corrected chi connectivity index (χ4v) is 2.65. The lowest BCUT2D eigenvalue weighted by atomic mass is 10.3. The predicted molar refractivity (Wildman–Crippen MR) is 76.8 cm³/mol. The molecule has 1 aromatic carbocycles. The van der Waals surface area contributed by atoms with Crippen LogP contribution in [0.25, 0.3) is 0 Å². The van der Waals surface area contributed by atoms with E-state index in [2.05, 4.69) is 10.3 Å². The molecule has 5 heteroatoms.